The quantitative estimate of drug-likeness (QED) is 0.0280. The second kappa shape index (κ2) is 32.9. The zero-order valence-corrected chi connectivity index (χ0v) is 29.6. The van der Waals surface area contributed by atoms with Crippen molar-refractivity contribution in [3.8, 4) is 0 Å². The number of aliphatic hydroxyl groups excluding tert-OH is 1. The molecule has 266 valence electrons. The molecule has 0 radical (unpaired) electrons. The van der Waals surface area contributed by atoms with Gasteiger partial charge < -0.3 is 20.1 Å². The van der Waals surface area contributed by atoms with Crippen LogP contribution >= 0.6 is 7.82 Å². The van der Waals surface area contributed by atoms with E-state index >= 15 is 0 Å². The Labute approximate surface area is 279 Å². The molecule has 3 N–H and O–H groups in total. The Morgan fingerprint density at radius 2 is 1.20 bits per heavy atom. The van der Waals surface area contributed by atoms with Gasteiger partial charge in [-0.1, -0.05) is 120 Å². The number of ether oxygens (including phenoxy) is 1. The maximum absolute atomic E-state index is 12.0. The number of aliphatic hydroxyl groups is 1. The number of nitrogens with one attached hydrogen (secondary N) is 1. The van der Waals surface area contributed by atoms with E-state index in [0.29, 0.717) is 12.8 Å². The van der Waals surface area contributed by atoms with E-state index < -0.39 is 26.5 Å². The fourth-order valence-corrected chi connectivity index (χ4v) is 5.07. The number of carbonyl (C=O) groups excluding carboxylic acids is 2. The second-order valence-corrected chi connectivity index (χ2v) is 12.9. The fourth-order valence-electron chi connectivity index (χ4n) is 4.31. The first-order valence-electron chi connectivity index (χ1n) is 17.6. The molecule has 10 heteroatoms. The number of amides is 1. The van der Waals surface area contributed by atoms with Gasteiger partial charge in [-0.15, -0.1) is 0 Å². The smallest absolute Gasteiger partial charge is 0.463 e. The van der Waals surface area contributed by atoms with Crippen molar-refractivity contribution >= 4 is 19.7 Å². The molecule has 0 rings (SSSR count). The molecule has 0 spiro atoms. The van der Waals surface area contributed by atoms with Crippen LogP contribution in [0, 0.1) is 0 Å². The Morgan fingerprint density at radius 1 is 0.674 bits per heavy atom. The van der Waals surface area contributed by atoms with Crippen LogP contribution in [0.5, 0.6) is 0 Å². The van der Waals surface area contributed by atoms with Gasteiger partial charge in [-0.2, -0.15) is 0 Å². The predicted octanol–water partition coefficient (Wildman–Crippen LogP) is 8.82. The summed E-state index contributed by atoms with van der Waals surface area (Å²) in [4.78, 5) is 33.6. The lowest BCUT2D eigenvalue weighted by Crippen LogP contribution is -2.27. The van der Waals surface area contributed by atoms with Gasteiger partial charge in [0.1, 0.15) is 12.7 Å². The number of allylic oxidation sites excluding steroid dienone is 8. The van der Waals surface area contributed by atoms with Crippen LogP contribution in [0.4, 0.5) is 0 Å². The summed E-state index contributed by atoms with van der Waals surface area (Å²) in [6.45, 7) is 3.39. The summed E-state index contributed by atoms with van der Waals surface area (Å²) in [7, 11) is -4.42. The molecular formula is C36H64NO8P. The molecule has 0 heterocycles. The highest BCUT2D eigenvalue weighted by Crippen LogP contribution is 2.42. The molecule has 0 aliphatic rings. The number of unbranched alkanes of at least 4 members (excludes halogenated alkanes) is 11. The van der Waals surface area contributed by atoms with E-state index in [1.54, 1.807) is 0 Å². The van der Waals surface area contributed by atoms with Crippen LogP contribution < -0.4 is 5.32 Å². The molecule has 0 saturated carbocycles. The fraction of sp³-hybridized carbons (Fsp3) is 0.722. The largest absolute Gasteiger partial charge is 0.472 e. The van der Waals surface area contributed by atoms with Crippen molar-refractivity contribution in [2.45, 2.75) is 142 Å². The lowest BCUT2D eigenvalue weighted by atomic mass is 10.1. The van der Waals surface area contributed by atoms with Gasteiger partial charge in [-0.3, -0.25) is 18.6 Å². The van der Waals surface area contributed by atoms with Crippen molar-refractivity contribution in [3.63, 3.8) is 0 Å². The van der Waals surface area contributed by atoms with Crippen LogP contribution in [-0.2, 0) is 27.9 Å². The summed E-state index contributed by atoms with van der Waals surface area (Å²) >= 11 is 0. The Kier molecular flexibility index (Phi) is 31.4. The van der Waals surface area contributed by atoms with Gasteiger partial charge in [0.25, 0.3) is 0 Å². The Bertz CT molecular complexity index is 902. The van der Waals surface area contributed by atoms with Gasteiger partial charge in [0.05, 0.1) is 13.2 Å². The third-order valence-electron chi connectivity index (χ3n) is 7.01. The monoisotopic (exact) mass is 669 g/mol. The number of hydrogen-bond donors (Lipinski definition) is 3. The molecule has 0 aliphatic carbocycles. The molecule has 0 aliphatic heterocycles. The van der Waals surface area contributed by atoms with Gasteiger partial charge >= 0.3 is 13.8 Å². The predicted molar refractivity (Wildman–Crippen MR) is 187 cm³/mol. The van der Waals surface area contributed by atoms with Crippen molar-refractivity contribution in [1.82, 2.24) is 5.32 Å². The molecule has 2 atom stereocenters. The summed E-state index contributed by atoms with van der Waals surface area (Å²) in [5.41, 5.74) is 0. The van der Waals surface area contributed by atoms with Crippen LogP contribution in [0.2, 0.25) is 0 Å². The van der Waals surface area contributed by atoms with E-state index in [1.807, 2.05) is 0 Å². The van der Waals surface area contributed by atoms with Crippen LogP contribution in [0.25, 0.3) is 0 Å². The zero-order valence-electron chi connectivity index (χ0n) is 28.8. The lowest BCUT2D eigenvalue weighted by Gasteiger charge is -2.15. The van der Waals surface area contributed by atoms with Gasteiger partial charge in [-0.05, 0) is 51.4 Å². The first kappa shape index (κ1) is 44.0. The summed E-state index contributed by atoms with van der Waals surface area (Å²) in [5.74, 6) is -0.583. The first-order chi connectivity index (χ1) is 22.3. The lowest BCUT2D eigenvalue weighted by molar-refractivity contribution is -0.147. The highest BCUT2D eigenvalue weighted by Gasteiger charge is 2.23. The van der Waals surface area contributed by atoms with Gasteiger partial charge in [0, 0.05) is 19.4 Å². The average molecular weight is 670 g/mol. The summed E-state index contributed by atoms with van der Waals surface area (Å²) in [6.07, 6.45) is 34.9. The minimum Gasteiger partial charge on any atom is -0.463 e. The standard InChI is InChI=1S/C36H64NO8P/c1-3-5-7-9-11-13-14-15-16-17-18-19-20-21-22-24-26-28-35(39)37-30-31-44-46(41,42)45-33-34(38)32-43-36(40)29-27-25-23-12-10-8-6-4-2/h11,13,15-16,18-19,21-22,34,38H,3-10,12,14,17,20,23-33H2,1-2H3,(H,37,39)(H,41,42)/b13-11-,16-15-,19-18-,22-21-. The molecule has 1 amide bonds. The van der Waals surface area contributed by atoms with Gasteiger partial charge in [-0.25, -0.2) is 4.57 Å². The van der Waals surface area contributed by atoms with E-state index in [4.69, 9.17) is 13.8 Å². The third-order valence-corrected chi connectivity index (χ3v) is 8.00. The van der Waals surface area contributed by atoms with Crippen molar-refractivity contribution in [2.75, 3.05) is 26.4 Å². The first-order valence-corrected chi connectivity index (χ1v) is 19.1. The molecular weight excluding hydrogens is 605 g/mol. The molecule has 0 aromatic carbocycles. The Hall–Kier alpha value is -2.03. The van der Waals surface area contributed by atoms with E-state index in [2.05, 4.69) is 67.8 Å². The minimum atomic E-state index is -4.42. The van der Waals surface area contributed by atoms with Gasteiger partial charge in [0.15, 0.2) is 0 Å². The number of phosphoric ester groups is 1. The van der Waals surface area contributed by atoms with Crippen molar-refractivity contribution in [3.05, 3.63) is 48.6 Å². The number of phosphoric acid groups is 1. The molecule has 0 saturated heterocycles. The van der Waals surface area contributed by atoms with E-state index in [-0.39, 0.29) is 32.1 Å². The molecule has 0 aromatic rings. The van der Waals surface area contributed by atoms with Crippen LogP contribution in [0.15, 0.2) is 48.6 Å². The SMILES string of the molecule is CCCCC/C=C\C/C=C\C/C=C\C/C=C\CCCC(=O)NCCOP(=O)(O)OCC(O)COC(=O)CCCCCCCCCC. The minimum absolute atomic E-state index is 0.0516. The second-order valence-electron chi connectivity index (χ2n) is 11.5. The molecule has 2 unspecified atom stereocenters. The normalized spacial score (nSPS) is 14.1. The van der Waals surface area contributed by atoms with Crippen molar-refractivity contribution in [1.29, 1.82) is 0 Å². The molecule has 0 aromatic heterocycles. The van der Waals surface area contributed by atoms with Crippen LogP contribution in [0.3, 0.4) is 0 Å². The third kappa shape index (κ3) is 33.3. The topological polar surface area (TPSA) is 131 Å². The molecule has 9 nitrogen and oxygen atoms in total. The number of esters is 1. The van der Waals surface area contributed by atoms with Gasteiger partial charge in [0.2, 0.25) is 5.91 Å². The Balaban J connectivity index is 3.74. The van der Waals surface area contributed by atoms with E-state index in [1.165, 1.54) is 57.8 Å². The van der Waals surface area contributed by atoms with Crippen LogP contribution in [0.1, 0.15) is 136 Å². The summed E-state index contributed by atoms with van der Waals surface area (Å²) < 4.78 is 26.6. The molecule has 46 heavy (non-hydrogen) atoms. The summed E-state index contributed by atoms with van der Waals surface area (Å²) in [6, 6.07) is 0. The highest BCUT2D eigenvalue weighted by molar-refractivity contribution is 7.47. The van der Waals surface area contributed by atoms with Crippen molar-refractivity contribution in [2.24, 2.45) is 0 Å². The highest BCUT2D eigenvalue weighted by atomic mass is 31.2. The molecule has 0 fully saturated rings. The zero-order chi connectivity index (χ0) is 34.0. The van der Waals surface area contributed by atoms with Crippen molar-refractivity contribution < 1.29 is 37.9 Å². The van der Waals surface area contributed by atoms with E-state index in [9.17, 15) is 24.2 Å². The van der Waals surface area contributed by atoms with Crippen LogP contribution in [-0.4, -0.2) is 54.3 Å². The maximum Gasteiger partial charge on any atom is 0.472 e. The average Bonchev–Trinajstić information content (AvgIpc) is 3.04. The number of carbonyl (C=O) groups is 2. The number of rotatable bonds is 32. The molecule has 0 bridgehead atoms. The summed E-state index contributed by atoms with van der Waals surface area (Å²) in [5, 5.41) is 12.5. The number of hydrogen-bond acceptors (Lipinski definition) is 7. The Morgan fingerprint density at radius 3 is 1.80 bits per heavy atom. The van der Waals surface area contributed by atoms with E-state index in [0.717, 1.165) is 44.9 Å². The maximum atomic E-state index is 12.0.